The van der Waals surface area contributed by atoms with Crippen molar-refractivity contribution in [2.75, 3.05) is 12.5 Å². The molecule has 2 unspecified atom stereocenters. The highest BCUT2D eigenvalue weighted by Crippen LogP contribution is 2.37. The first-order valence-electron chi connectivity index (χ1n) is 5.97. The topological polar surface area (TPSA) is 9.23 Å². The maximum atomic E-state index is 6.05. The van der Waals surface area contributed by atoms with Gasteiger partial charge < -0.3 is 4.74 Å². The molecule has 0 radical (unpaired) electrons. The smallest absolute Gasteiger partial charge is 0.0869 e. The first-order chi connectivity index (χ1) is 7.74. The van der Waals surface area contributed by atoms with Gasteiger partial charge in [-0.2, -0.15) is 0 Å². The van der Waals surface area contributed by atoms with Crippen molar-refractivity contribution in [1.29, 1.82) is 0 Å². The summed E-state index contributed by atoms with van der Waals surface area (Å²) in [6.07, 6.45) is 2.52. The van der Waals surface area contributed by atoms with Crippen LogP contribution in [-0.2, 0) is 4.74 Å². The van der Waals surface area contributed by atoms with E-state index in [-0.39, 0.29) is 6.10 Å². The molecule has 1 aliphatic heterocycles. The maximum absolute atomic E-state index is 6.05. The Morgan fingerprint density at radius 3 is 2.62 bits per heavy atom. The van der Waals surface area contributed by atoms with E-state index in [1.807, 2.05) is 0 Å². The lowest BCUT2D eigenvalue weighted by Crippen LogP contribution is -2.25. The van der Waals surface area contributed by atoms with Gasteiger partial charge in [0.2, 0.25) is 0 Å². The zero-order chi connectivity index (χ0) is 11.5. The van der Waals surface area contributed by atoms with Gasteiger partial charge in [-0.25, -0.2) is 0 Å². The van der Waals surface area contributed by atoms with Gasteiger partial charge in [0.25, 0.3) is 0 Å². The normalized spacial score (nSPS) is 25.7. The van der Waals surface area contributed by atoms with Crippen molar-refractivity contribution in [3.05, 3.63) is 34.9 Å². The minimum Gasteiger partial charge on any atom is -0.373 e. The Morgan fingerprint density at radius 1 is 1.31 bits per heavy atom. The second-order valence-electron chi connectivity index (χ2n) is 4.65. The fraction of sp³-hybridized carbons (Fsp3) is 0.571. The first kappa shape index (κ1) is 11.9. The van der Waals surface area contributed by atoms with Crippen molar-refractivity contribution >= 4 is 11.6 Å². The molecule has 88 valence electrons. The third-order valence-electron chi connectivity index (χ3n) is 3.47. The predicted octanol–water partition coefficient (Wildman–Crippen LogP) is 4.01. The number of benzene rings is 1. The number of alkyl halides is 1. The van der Waals surface area contributed by atoms with Crippen LogP contribution in [0.15, 0.2) is 18.2 Å². The van der Waals surface area contributed by atoms with Crippen LogP contribution in [-0.4, -0.2) is 12.5 Å². The van der Waals surface area contributed by atoms with E-state index in [2.05, 4.69) is 32.0 Å². The lowest BCUT2D eigenvalue weighted by atomic mass is 9.86. The highest BCUT2D eigenvalue weighted by atomic mass is 35.5. The zero-order valence-corrected chi connectivity index (χ0v) is 10.8. The summed E-state index contributed by atoms with van der Waals surface area (Å²) in [4.78, 5) is 0. The molecule has 1 saturated heterocycles. The summed E-state index contributed by atoms with van der Waals surface area (Å²) in [6, 6.07) is 6.42. The Bertz CT molecular complexity index is 342. The summed E-state index contributed by atoms with van der Waals surface area (Å²) in [5.74, 6) is 1.16. The van der Waals surface area contributed by atoms with E-state index >= 15 is 0 Å². The summed E-state index contributed by atoms with van der Waals surface area (Å²) in [5, 5.41) is 0. The number of hydrogen-bond donors (Lipinski definition) is 0. The van der Waals surface area contributed by atoms with Crippen LogP contribution in [0.2, 0.25) is 0 Å². The summed E-state index contributed by atoms with van der Waals surface area (Å²) >= 11 is 6.05. The van der Waals surface area contributed by atoms with Gasteiger partial charge in [0.1, 0.15) is 0 Å². The maximum Gasteiger partial charge on any atom is 0.0869 e. The average Bonchev–Trinajstić information content (AvgIpc) is 2.29. The van der Waals surface area contributed by atoms with Crippen LogP contribution >= 0.6 is 11.6 Å². The summed E-state index contributed by atoms with van der Waals surface area (Å²) < 4.78 is 5.94. The van der Waals surface area contributed by atoms with E-state index in [4.69, 9.17) is 16.3 Å². The van der Waals surface area contributed by atoms with Crippen molar-refractivity contribution in [2.45, 2.75) is 32.8 Å². The number of halogens is 1. The third kappa shape index (κ3) is 2.26. The monoisotopic (exact) mass is 238 g/mol. The van der Waals surface area contributed by atoms with E-state index in [0.29, 0.717) is 11.8 Å². The highest BCUT2D eigenvalue weighted by Gasteiger charge is 2.28. The van der Waals surface area contributed by atoms with Crippen molar-refractivity contribution in [3.8, 4) is 0 Å². The van der Waals surface area contributed by atoms with Crippen LogP contribution in [0.4, 0.5) is 0 Å². The molecule has 2 rings (SSSR count). The highest BCUT2D eigenvalue weighted by molar-refractivity contribution is 6.18. The van der Waals surface area contributed by atoms with Crippen LogP contribution in [0.1, 0.15) is 35.6 Å². The van der Waals surface area contributed by atoms with E-state index in [9.17, 15) is 0 Å². The predicted molar refractivity (Wildman–Crippen MR) is 68.1 cm³/mol. The zero-order valence-electron chi connectivity index (χ0n) is 10.0. The SMILES string of the molecule is Cc1cccc(C)c1C1OCCCC1CCl. The number of hydrogen-bond acceptors (Lipinski definition) is 1. The van der Waals surface area contributed by atoms with Crippen LogP contribution < -0.4 is 0 Å². The molecule has 1 aromatic carbocycles. The first-order valence-corrected chi connectivity index (χ1v) is 6.51. The molecule has 0 aliphatic carbocycles. The molecule has 0 amide bonds. The standard InChI is InChI=1S/C14H19ClO/c1-10-5-3-6-11(2)13(10)14-12(9-15)7-4-8-16-14/h3,5-6,12,14H,4,7-9H2,1-2H3. The quantitative estimate of drug-likeness (QED) is 0.708. The number of aryl methyl sites for hydroxylation is 2. The van der Waals surface area contributed by atoms with Crippen LogP contribution in [0.3, 0.4) is 0 Å². The van der Waals surface area contributed by atoms with Crippen molar-refractivity contribution < 1.29 is 4.74 Å². The molecule has 2 heteroatoms. The molecule has 16 heavy (non-hydrogen) atoms. The minimum atomic E-state index is 0.201. The van der Waals surface area contributed by atoms with Crippen molar-refractivity contribution in [1.82, 2.24) is 0 Å². The summed E-state index contributed by atoms with van der Waals surface area (Å²) in [7, 11) is 0. The summed E-state index contributed by atoms with van der Waals surface area (Å²) in [5.41, 5.74) is 4.00. The molecule has 1 fully saturated rings. The van der Waals surface area contributed by atoms with Gasteiger partial charge in [0.15, 0.2) is 0 Å². The van der Waals surface area contributed by atoms with E-state index in [1.165, 1.54) is 23.1 Å². The fourth-order valence-electron chi connectivity index (χ4n) is 2.60. The molecular formula is C14H19ClO. The second kappa shape index (κ2) is 5.20. The van der Waals surface area contributed by atoms with Crippen LogP contribution in [0.5, 0.6) is 0 Å². The van der Waals surface area contributed by atoms with Gasteiger partial charge in [-0.15, -0.1) is 11.6 Å². The lowest BCUT2D eigenvalue weighted by molar-refractivity contribution is -0.0215. The van der Waals surface area contributed by atoms with Gasteiger partial charge >= 0.3 is 0 Å². The fourth-order valence-corrected chi connectivity index (χ4v) is 2.91. The molecule has 1 heterocycles. The van der Waals surface area contributed by atoms with E-state index in [1.54, 1.807) is 0 Å². The van der Waals surface area contributed by atoms with Gasteiger partial charge in [0.05, 0.1) is 6.10 Å². The third-order valence-corrected chi connectivity index (χ3v) is 3.87. The molecule has 0 bridgehead atoms. The molecule has 0 N–H and O–H groups in total. The Kier molecular flexibility index (Phi) is 3.88. The van der Waals surface area contributed by atoms with Gasteiger partial charge in [0, 0.05) is 18.4 Å². The Hall–Kier alpha value is -0.530. The molecule has 1 aliphatic rings. The minimum absolute atomic E-state index is 0.201. The molecule has 1 aromatic rings. The van der Waals surface area contributed by atoms with Crippen LogP contribution in [0.25, 0.3) is 0 Å². The van der Waals surface area contributed by atoms with Gasteiger partial charge in [-0.1, -0.05) is 18.2 Å². The largest absolute Gasteiger partial charge is 0.373 e. The van der Waals surface area contributed by atoms with Crippen LogP contribution in [0, 0.1) is 19.8 Å². The Morgan fingerprint density at radius 2 is 2.00 bits per heavy atom. The molecule has 2 atom stereocenters. The molecule has 1 nitrogen and oxygen atoms in total. The van der Waals surface area contributed by atoms with Gasteiger partial charge in [-0.3, -0.25) is 0 Å². The molecular weight excluding hydrogens is 220 g/mol. The van der Waals surface area contributed by atoms with Gasteiger partial charge in [-0.05, 0) is 43.4 Å². The second-order valence-corrected chi connectivity index (χ2v) is 4.96. The van der Waals surface area contributed by atoms with Crippen molar-refractivity contribution in [3.63, 3.8) is 0 Å². The Balaban J connectivity index is 2.34. The summed E-state index contributed by atoms with van der Waals surface area (Å²) in [6.45, 7) is 5.18. The molecule has 0 spiro atoms. The molecule has 0 saturated carbocycles. The van der Waals surface area contributed by atoms with E-state index in [0.717, 1.165) is 13.0 Å². The van der Waals surface area contributed by atoms with Crippen molar-refractivity contribution in [2.24, 2.45) is 5.92 Å². The van der Waals surface area contributed by atoms with E-state index < -0.39 is 0 Å². The number of ether oxygens (including phenoxy) is 1. The lowest BCUT2D eigenvalue weighted by Gasteiger charge is -2.32. The number of rotatable bonds is 2. The molecule has 0 aromatic heterocycles. The Labute approximate surface area is 103 Å². The average molecular weight is 239 g/mol.